The Morgan fingerprint density at radius 3 is 2.57 bits per heavy atom. The van der Waals surface area contributed by atoms with Gasteiger partial charge in [0.15, 0.2) is 0 Å². The molecule has 1 aromatic rings. The third kappa shape index (κ3) is 4.78. The Kier molecular flexibility index (Phi) is 5.89. The lowest BCUT2D eigenvalue weighted by Crippen LogP contribution is -2.86. The van der Waals surface area contributed by atoms with Crippen LogP contribution in [0.4, 0.5) is 0 Å². The average Bonchev–Trinajstić information content (AvgIpc) is 2.21. The Balaban J connectivity index is 2.15. The number of aliphatic hydroxyl groups is 1. The number of rotatable bonds is 6. The summed E-state index contributed by atoms with van der Waals surface area (Å²) in [5.74, 6) is 0.905. The SMILES string of the molecule is OCC[NH2+]CCOc1ccc(I)cc1. The van der Waals surface area contributed by atoms with Crippen molar-refractivity contribution in [3.8, 4) is 5.75 Å². The number of hydrogen-bond acceptors (Lipinski definition) is 2. The van der Waals surface area contributed by atoms with Gasteiger partial charge in [-0.15, -0.1) is 0 Å². The summed E-state index contributed by atoms with van der Waals surface area (Å²) in [4.78, 5) is 0. The first-order valence-corrected chi connectivity index (χ1v) is 5.71. The fraction of sp³-hybridized carbons (Fsp3) is 0.400. The van der Waals surface area contributed by atoms with Gasteiger partial charge in [0.25, 0.3) is 0 Å². The maximum Gasteiger partial charge on any atom is 0.137 e. The van der Waals surface area contributed by atoms with E-state index in [1.165, 1.54) is 3.57 Å². The van der Waals surface area contributed by atoms with Crippen LogP contribution in [0, 0.1) is 3.57 Å². The Morgan fingerprint density at radius 1 is 1.21 bits per heavy atom. The zero-order chi connectivity index (χ0) is 10.2. The molecule has 14 heavy (non-hydrogen) atoms. The molecule has 0 aromatic heterocycles. The zero-order valence-corrected chi connectivity index (χ0v) is 10.1. The molecule has 0 aliphatic carbocycles. The Labute approximate surface area is 97.6 Å². The van der Waals surface area contributed by atoms with Crippen LogP contribution < -0.4 is 10.1 Å². The quantitative estimate of drug-likeness (QED) is 0.584. The molecule has 0 fully saturated rings. The fourth-order valence-electron chi connectivity index (χ4n) is 1.03. The summed E-state index contributed by atoms with van der Waals surface area (Å²) in [5, 5.41) is 10.6. The zero-order valence-electron chi connectivity index (χ0n) is 7.95. The van der Waals surface area contributed by atoms with Gasteiger partial charge in [0.1, 0.15) is 18.9 Å². The topological polar surface area (TPSA) is 46.1 Å². The Morgan fingerprint density at radius 2 is 1.93 bits per heavy atom. The minimum Gasteiger partial charge on any atom is -0.488 e. The summed E-state index contributed by atoms with van der Waals surface area (Å²) in [6, 6.07) is 7.97. The molecule has 0 heterocycles. The summed E-state index contributed by atoms with van der Waals surface area (Å²) in [6.45, 7) is 2.53. The number of quaternary nitrogens is 1. The maximum atomic E-state index is 8.54. The molecule has 0 saturated heterocycles. The van der Waals surface area contributed by atoms with E-state index in [1.807, 2.05) is 29.6 Å². The van der Waals surface area contributed by atoms with E-state index in [-0.39, 0.29) is 6.61 Å². The van der Waals surface area contributed by atoms with E-state index in [4.69, 9.17) is 9.84 Å². The van der Waals surface area contributed by atoms with Gasteiger partial charge >= 0.3 is 0 Å². The minimum atomic E-state index is 0.226. The smallest absolute Gasteiger partial charge is 0.137 e. The van der Waals surface area contributed by atoms with E-state index in [9.17, 15) is 0 Å². The molecule has 0 bridgehead atoms. The van der Waals surface area contributed by atoms with Crippen molar-refractivity contribution in [3.05, 3.63) is 27.8 Å². The lowest BCUT2D eigenvalue weighted by atomic mass is 10.3. The van der Waals surface area contributed by atoms with Crippen LogP contribution >= 0.6 is 22.6 Å². The van der Waals surface area contributed by atoms with E-state index in [0.717, 1.165) is 18.8 Å². The van der Waals surface area contributed by atoms with Crippen molar-refractivity contribution < 1.29 is 15.2 Å². The number of ether oxygens (including phenoxy) is 1. The van der Waals surface area contributed by atoms with Gasteiger partial charge in [-0.2, -0.15) is 0 Å². The molecular formula is C10H15INO2+. The predicted molar refractivity (Wildman–Crippen MR) is 63.4 cm³/mol. The van der Waals surface area contributed by atoms with Crippen molar-refractivity contribution in [2.75, 3.05) is 26.3 Å². The third-order valence-corrected chi connectivity index (χ3v) is 2.46. The maximum absolute atomic E-state index is 8.54. The number of nitrogens with two attached hydrogens (primary N) is 1. The first kappa shape index (κ1) is 11.7. The fourth-order valence-corrected chi connectivity index (χ4v) is 1.39. The average molecular weight is 308 g/mol. The van der Waals surface area contributed by atoms with E-state index in [1.54, 1.807) is 0 Å². The molecule has 1 rings (SSSR count). The Hall–Kier alpha value is -0.330. The lowest BCUT2D eigenvalue weighted by Gasteiger charge is -2.04. The van der Waals surface area contributed by atoms with Crippen molar-refractivity contribution in [2.45, 2.75) is 0 Å². The van der Waals surface area contributed by atoms with Gasteiger partial charge in [0, 0.05) is 3.57 Å². The number of aliphatic hydroxyl groups excluding tert-OH is 1. The van der Waals surface area contributed by atoms with Crippen LogP contribution in [0.3, 0.4) is 0 Å². The van der Waals surface area contributed by atoms with E-state index < -0.39 is 0 Å². The summed E-state index contributed by atoms with van der Waals surface area (Å²) in [5.41, 5.74) is 0. The van der Waals surface area contributed by atoms with Crippen molar-refractivity contribution in [2.24, 2.45) is 0 Å². The molecule has 1 aromatic carbocycles. The molecule has 0 aliphatic heterocycles. The second-order valence-corrected chi connectivity index (χ2v) is 4.14. The summed E-state index contributed by atoms with van der Waals surface area (Å²) < 4.78 is 6.70. The van der Waals surface area contributed by atoms with Gasteiger partial charge < -0.3 is 15.2 Å². The van der Waals surface area contributed by atoms with Crippen LogP contribution in [0.5, 0.6) is 5.75 Å². The van der Waals surface area contributed by atoms with E-state index >= 15 is 0 Å². The molecular weight excluding hydrogens is 293 g/mol. The molecule has 0 unspecified atom stereocenters. The summed E-state index contributed by atoms with van der Waals surface area (Å²) in [7, 11) is 0. The monoisotopic (exact) mass is 308 g/mol. The molecule has 0 spiro atoms. The number of hydrogen-bond donors (Lipinski definition) is 2. The molecule has 3 N–H and O–H groups in total. The molecule has 4 heteroatoms. The normalized spacial score (nSPS) is 10.1. The summed E-state index contributed by atoms with van der Waals surface area (Å²) in [6.07, 6.45) is 0. The largest absolute Gasteiger partial charge is 0.488 e. The van der Waals surface area contributed by atoms with Gasteiger partial charge in [-0.1, -0.05) is 0 Å². The van der Waals surface area contributed by atoms with Crippen molar-refractivity contribution in [1.82, 2.24) is 0 Å². The number of halogens is 1. The molecule has 0 radical (unpaired) electrons. The van der Waals surface area contributed by atoms with Crippen molar-refractivity contribution in [1.29, 1.82) is 0 Å². The second kappa shape index (κ2) is 7.03. The predicted octanol–water partition coefficient (Wildman–Crippen LogP) is 0.226. The summed E-state index contributed by atoms with van der Waals surface area (Å²) >= 11 is 2.26. The van der Waals surface area contributed by atoms with Gasteiger partial charge in [-0.05, 0) is 46.9 Å². The highest BCUT2D eigenvalue weighted by Crippen LogP contribution is 2.12. The highest BCUT2D eigenvalue weighted by molar-refractivity contribution is 14.1. The van der Waals surface area contributed by atoms with Crippen LogP contribution in [0.15, 0.2) is 24.3 Å². The van der Waals surface area contributed by atoms with Gasteiger partial charge in [-0.25, -0.2) is 0 Å². The Bertz CT molecular complexity index is 251. The van der Waals surface area contributed by atoms with Crippen LogP contribution in [0.2, 0.25) is 0 Å². The van der Waals surface area contributed by atoms with Crippen LogP contribution in [-0.4, -0.2) is 31.4 Å². The minimum absolute atomic E-state index is 0.226. The standard InChI is InChI=1S/C10H14INO2/c11-9-1-3-10(4-2-9)14-8-6-12-5-7-13/h1-4,12-13H,5-8H2/p+1. The van der Waals surface area contributed by atoms with E-state index in [2.05, 4.69) is 22.6 Å². The molecule has 0 atom stereocenters. The molecule has 0 aliphatic rings. The van der Waals surface area contributed by atoms with Crippen molar-refractivity contribution >= 4 is 22.6 Å². The molecule has 78 valence electrons. The number of benzene rings is 1. The lowest BCUT2D eigenvalue weighted by molar-refractivity contribution is -0.656. The highest BCUT2D eigenvalue weighted by atomic mass is 127. The van der Waals surface area contributed by atoms with E-state index in [0.29, 0.717) is 6.61 Å². The van der Waals surface area contributed by atoms with Gasteiger partial charge in [0.2, 0.25) is 0 Å². The third-order valence-electron chi connectivity index (χ3n) is 1.74. The van der Waals surface area contributed by atoms with Crippen LogP contribution in [0.25, 0.3) is 0 Å². The van der Waals surface area contributed by atoms with Gasteiger partial charge in [-0.3, -0.25) is 0 Å². The van der Waals surface area contributed by atoms with Gasteiger partial charge in [0.05, 0.1) is 13.2 Å². The highest BCUT2D eigenvalue weighted by Gasteiger charge is 1.94. The first-order valence-electron chi connectivity index (χ1n) is 4.64. The first-order chi connectivity index (χ1) is 6.83. The van der Waals surface area contributed by atoms with Crippen LogP contribution in [0.1, 0.15) is 0 Å². The molecule has 0 amide bonds. The van der Waals surface area contributed by atoms with Crippen molar-refractivity contribution in [3.63, 3.8) is 0 Å². The second-order valence-electron chi connectivity index (χ2n) is 2.89. The molecule has 3 nitrogen and oxygen atoms in total. The molecule has 0 saturated carbocycles. The van der Waals surface area contributed by atoms with Crippen LogP contribution in [-0.2, 0) is 0 Å².